The molecule has 3 aliphatic carbocycles. The molecule has 2 fully saturated rings. The van der Waals surface area contributed by atoms with Crippen molar-refractivity contribution in [2.24, 2.45) is 12.5 Å². The second-order valence-corrected chi connectivity index (χ2v) is 14.1. The summed E-state index contributed by atoms with van der Waals surface area (Å²) < 4.78 is 32.9. The summed E-state index contributed by atoms with van der Waals surface area (Å²) in [6, 6.07) is 11.8. The van der Waals surface area contributed by atoms with E-state index in [4.69, 9.17) is 0 Å². The third-order valence-electron chi connectivity index (χ3n) is 9.20. The van der Waals surface area contributed by atoms with E-state index in [2.05, 4.69) is 27.1 Å². The normalized spacial score (nSPS) is 23.1. The number of fused-ring (bicyclic) bond motifs is 2. The number of Topliss-reactive ketones (excluding diaryl/α,β-unsaturated/α-hetero) is 1. The molecule has 8 nitrogen and oxygen atoms in total. The van der Waals surface area contributed by atoms with Crippen LogP contribution < -0.4 is 0 Å². The van der Waals surface area contributed by atoms with Gasteiger partial charge in [0.25, 0.3) is 0 Å². The van der Waals surface area contributed by atoms with Crippen molar-refractivity contribution in [3.05, 3.63) is 95.0 Å². The lowest BCUT2D eigenvalue weighted by Crippen LogP contribution is -2.49. The first-order valence-corrected chi connectivity index (χ1v) is 16.0. The van der Waals surface area contributed by atoms with Crippen molar-refractivity contribution in [2.75, 3.05) is 7.05 Å². The zero-order valence-electron chi connectivity index (χ0n) is 23.7. The lowest BCUT2D eigenvalue weighted by Gasteiger charge is -2.46. The van der Waals surface area contributed by atoms with Crippen LogP contribution in [0.2, 0.25) is 0 Å². The molecular formula is C32H33FN6O2S. The number of carbonyl (C=O) groups excluding carboxylic acids is 1. The Bertz CT molecular complexity index is 1840. The summed E-state index contributed by atoms with van der Waals surface area (Å²) in [5.41, 5.74) is 4.40. The second kappa shape index (κ2) is 9.84. The van der Waals surface area contributed by atoms with Crippen LogP contribution in [0.1, 0.15) is 65.3 Å². The van der Waals surface area contributed by atoms with Gasteiger partial charge in [0.05, 0.1) is 32.7 Å². The van der Waals surface area contributed by atoms with E-state index in [1.165, 1.54) is 12.1 Å². The summed E-state index contributed by atoms with van der Waals surface area (Å²) in [4.78, 5) is 19.2. The number of hydrogen-bond donors (Lipinski definition) is 0. The van der Waals surface area contributed by atoms with E-state index in [9.17, 15) is 13.4 Å². The predicted molar refractivity (Wildman–Crippen MR) is 160 cm³/mol. The number of ketones is 1. The van der Waals surface area contributed by atoms with Gasteiger partial charge < -0.3 is 0 Å². The Kier molecular flexibility index (Phi) is 6.32. The Hall–Kier alpha value is -3.89. The van der Waals surface area contributed by atoms with Crippen molar-refractivity contribution < 1.29 is 13.4 Å². The molecule has 3 heterocycles. The lowest BCUT2D eigenvalue weighted by atomic mass is 9.60. The molecule has 216 valence electrons. The maximum absolute atomic E-state index is 14.7. The minimum Gasteiger partial charge on any atom is -0.291 e. The minimum absolute atomic E-state index is 0.0112. The van der Waals surface area contributed by atoms with E-state index in [0.29, 0.717) is 42.3 Å². The molecule has 2 saturated carbocycles. The second-order valence-electron chi connectivity index (χ2n) is 11.9. The van der Waals surface area contributed by atoms with Gasteiger partial charge in [-0.1, -0.05) is 5.57 Å². The first-order valence-electron chi connectivity index (χ1n) is 14.3. The first-order chi connectivity index (χ1) is 20.2. The molecule has 1 unspecified atom stereocenters. The van der Waals surface area contributed by atoms with Gasteiger partial charge in [-0.2, -0.15) is 10.2 Å². The number of allylic oxidation sites excluding steroid dienone is 1. The van der Waals surface area contributed by atoms with E-state index >= 15 is 0 Å². The number of rotatable bonds is 7. The molecule has 3 aromatic heterocycles. The SMILES string of the molecule is C=S(=O)(c1ccn(C)n1)N(C)[C@H]1CCC2=Cc3c(cnn3-c3ccc(F)cc3)C[C@]2(C(=O)c2cc(C3CC3)ccn2)C1. The first kappa shape index (κ1) is 27.0. The summed E-state index contributed by atoms with van der Waals surface area (Å²) in [5.74, 6) is 4.28. The number of pyridine rings is 1. The Labute approximate surface area is 245 Å². The summed E-state index contributed by atoms with van der Waals surface area (Å²) >= 11 is 0. The van der Waals surface area contributed by atoms with Gasteiger partial charge in [0.1, 0.15) is 11.5 Å². The van der Waals surface area contributed by atoms with Gasteiger partial charge in [0, 0.05) is 25.5 Å². The number of nitrogens with zero attached hydrogens (tertiary/aromatic N) is 6. The average molecular weight is 585 g/mol. The number of benzene rings is 1. The van der Waals surface area contributed by atoms with Crippen LogP contribution in [0, 0.1) is 11.2 Å². The van der Waals surface area contributed by atoms with Crippen LogP contribution in [0.15, 0.2) is 71.7 Å². The molecule has 7 rings (SSSR count). The minimum atomic E-state index is -2.87. The Balaban J connectivity index is 1.30. The molecule has 0 bridgehead atoms. The van der Waals surface area contributed by atoms with E-state index in [1.54, 1.807) is 48.5 Å². The zero-order chi connectivity index (χ0) is 29.2. The van der Waals surface area contributed by atoms with Crippen LogP contribution in [0.3, 0.4) is 0 Å². The zero-order valence-corrected chi connectivity index (χ0v) is 24.6. The van der Waals surface area contributed by atoms with Gasteiger partial charge in [-0.15, -0.1) is 0 Å². The third-order valence-corrected chi connectivity index (χ3v) is 11.3. The van der Waals surface area contributed by atoms with Crippen LogP contribution in [0.25, 0.3) is 11.8 Å². The van der Waals surface area contributed by atoms with E-state index in [-0.39, 0.29) is 17.6 Å². The summed E-state index contributed by atoms with van der Waals surface area (Å²) in [5, 5.41) is 9.47. The number of carbonyl (C=O) groups is 1. The molecule has 0 radical (unpaired) electrons. The molecule has 42 heavy (non-hydrogen) atoms. The van der Waals surface area contributed by atoms with Crippen molar-refractivity contribution in [1.82, 2.24) is 28.9 Å². The molecule has 0 saturated heterocycles. The summed E-state index contributed by atoms with van der Waals surface area (Å²) in [7, 11) is 0.748. The fraction of sp³-hybridized carbons (Fsp3) is 0.344. The van der Waals surface area contributed by atoms with Crippen molar-refractivity contribution in [3.63, 3.8) is 0 Å². The largest absolute Gasteiger partial charge is 0.291 e. The van der Waals surface area contributed by atoms with Crippen molar-refractivity contribution in [3.8, 4) is 5.69 Å². The third kappa shape index (κ3) is 4.44. The number of hydrogen-bond acceptors (Lipinski definition) is 5. The Morgan fingerprint density at radius 1 is 1.17 bits per heavy atom. The smallest absolute Gasteiger partial charge is 0.191 e. The molecule has 3 aliphatic rings. The van der Waals surface area contributed by atoms with Crippen LogP contribution >= 0.6 is 0 Å². The quantitative estimate of drug-likeness (QED) is 0.225. The van der Waals surface area contributed by atoms with Crippen LogP contribution in [0.5, 0.6) is 0 Å². The van der Waals surface area contributed by atoms with Gasteiger partial charge in [0.15, 0.2) is 10.8 Å². The number of halogens is 1. The maximum atomic E-state index is 14.7. The molecule has 10 heteroatoms. The molecule has 1 aromatic carbocycles. The van der Waals surface area contributed by atoms with Crippen molar-refractivity contribution >= 4 is 27.4 Å². The number of aryl methyl sites for hydroxylation is 1. The molecule has 0 N–H and O–H groups in total. The van der Waals surface area contributed by atoms with Crippen molar-refractivity contribution in [1.29, 1.82) is 0 Å². The fourth-order valence-corrected chi connectivity index (χ4v) is 8.11. The average Bonchev–Trinajstić information content (AvgIpc) is 3.63. The maximum Gasteiger partial charge on any atom is 0.191 e. The van der Waals surface area contributed by atoms with Gasteiger partial charge >= 0.3 is 0 Å². The highest BCUT2D eigenvalue weighted by atomic mass is 32.2. The highest BCUT2D eigenvalue weighted by Crippen LogP contribution is 2.51. The lowest BCUT2D eigenvalue weighted by molar-refractivity contribution is 0.0749. The molecule has 0 spiro atoms. The highest BCUT2D eigenvalue weighted by Gasteiger charge is 2.51. The molecule has 3 atom stereocenters. The standard InChI is InChI=1S/C32H33FN6O2S/c1-37-15-13-30(36-37)42(3,41)38(2)27-9-6-24-17-29-23(20-35-39(29)26-10-7-25(33)8-11-26)18-32(24,19-27)31(40)28-16-22(12-14-34-28)21-4-5-21/h7-8,10-17,20-21,27H,3-6,9,18-19H2,1-2H3/t27-,32-,42?/m0/s1. The molecule has 0 amide bonds. The fourth-order valence-electron chi connectivity index (χ4n) is 6.62. The Morgan fingerprint density at radius 3 is 2.67 bits per heavy atom. The molecule has 4 aromatic rings. The van der Waals surface area contributed by atoms with Crippen LogP contribution in [-0.4, -0.2) is 57.8 Å². The monoisotopic (exact) mass is 584 g/mol. The van der Waals surface area contributed by atoms with Crippen LogP contribution in [0.4, 0.5) is 4.39 Å². The van der Waals surface area contributed by atoms with Crippen LogP contribution in [-0.2, 0) is 23.2 Å². The van der Waals surface area contributed by atoms with Gasteiger partial charge in [-0.25, -0.2) is 17.6 Å². The summed E-state index contributed by atoms with van der Waals surface area (Å²) in [6.45, 7) is 0. The molecular weight excluding hydrogens is 551 g/mol. The Morgan fingerprint density at radius 2 is 1.95 bits per heavy atom. The summed E-state index contributed by atoms with van der Waals surface area (Å²) in [6.07, 6.45) is 12.0. The topological polar surface area (TPSA) is 85.9 Å². The van der Waals surface area contributed by atoms with Gasteiger partial charge in [0.2, 0.25) is 0 Å². The number of aromatic nitrogens is 5. The van der Waals surface area contributed by atoms with E-state index < -0.39 is 15.1 Å². The molecule has 0 aliphatic heterocycles. The van der Waals surface area contributed by atoms with Gasteiger partial charge in [-0.3, -0.25) is 14.5 Å². The van der Waals surface area contributed by atoms with Gasteiger partial charge in [-0.05, 0) is 117 Å². The van der Waals surface area contributed by atoms with E-state index in [1.807, 2.05) is 28.2 Å². The van der Waals surface area contributed by atoms with E-state index in [0.717, 1.165) is 40.9 Å². The highest BCUT2D eigenvalue weighted by molar-refractivity contribution is 7.98. The van der Waals surface area contributed by atoms with Crippen molar-refractivity contribution in [2.45, 2.75) is 55.5 Å². The predicted octanol–water partition coefficient (Wildman–Crippen LogP) is 5.00.